The van der Waals surface area contributed by atoms with Crippen LogP contribution in [0, 0.1) is 12.3 Å². The molecule has 1 spiro atoms. The van der Waals surface area contributed by atoms with Crippen molar-refractivity contribution in [2.24, 2.45) is 5.41 Å². The van der Waals surface area contributed by atoms with E-state index in [1.54, 1.807) is 28.5 Å². The number of benzene rings is 1. The summed E-state index contributed by atoms with van der Waals surface area (Å²) in [5.74, 6) is 0.697. The highest BCUT2D eigenvalue weighted by atomic mass is 35.5. The summed E-state index contributed by atoms with van der Waals surface area (Å²) < 4.78 is 1.25. The van der Waals surface area contributed by atoms with Gasteiger partial charge >= 0.3 is 0 Å². The maximum atomic E-state index is 12.8. The van der Waals surface area contributed by atoms with Crippen LogP contribution >= 0.6 is 23.7 Å². The number of nitrogens with one attached hydrogen (secondary N) is 1. The molecule has 0 unspecified atom stereocenters. The minimum absolute atomic E-state index is 0. The summed E-state index contributed by atoms with van der Waals surface area (Å²) in [4.78, 5) is 35.3. The van der Waals surface area contributed by atoms with Gasteiger partial charge < -0.3 is 15.1 Å². The van der Waals surface area contributed by atoms with Crippen molar-refractivity contribution in [3.63, 3.8) is 0 Å². The van der Waals surface area contributed by atoms with E-state index in [9.17, 15) is 9.59 Å². The van der Waals surface area contributed by atoms with Crippen molar-refractivity contribution in [1.29, 1.82) is 0 Å². The molecule has 0 atom stereocenters. The van der Waals surface area contributed by atoms with E-state index in [1.165, 1.54) is 20.5 Å². The summed E-state index contributed by atoms with van der Waals surface area (Å²) in [5.41, 5.74) is 2.82. The van der Waals surface area contributed by atoms with Crippen LogP contribution in [0.3, 0.4) is 0 Å². The number of fused-ring (bicyclic) bond motifs is 2. The SMILES string of the molecule is Cc1c(CN(C)C(=O)/C=C/c2cnc3c(c2)CC2(CCN(C)CC2)C(=O)N3)sc2ccccc12.Cl. The van der Waals surface area contributed by atoms with Crippen LogP contribution in [-0.4, -0.2) is 53.8 Å². The monoisotopic (exact) mass is 510 g/mol. The summed E-state index contributed by atoms with van der Waals surface area (Å²) in [6.07, 6.45) is 7.56. The van der Waals surface area contributed by atoms with Crippen LogP contribution in [0.4, 0.5) is 5.82 Å². The lowest BCUT2D eigenvalue weighted by atomic mass is 9.71. The lowest BCUT2D eigenvalue weighted by molar-refractivity contribution is -0.128. The Kier molecular flexibility index (Phi) is 7.31. The zero-order chi connectivity index (χ0) is 23.9. The number of anilines is 1. The van der Waals surface area contributed by atoms with Crippen molar-refractivity contribution < 1.29 is 9.59 Å². The van der Waals surface area contributed by atoms with Crippen molar-refractivity contribution in [3.05, 3.63) is 64.2 Å². The van der Waals surface area contributed by atoms with Crippen LogP contribution < -0.4 is 5.32 Å². The van der Waals surface area contributed by atoms with Crippen LogP contribution in [-0.2, 0) is 22.6 Å². The predicted molar refractivity (Wildman–Crippen MR) is 145 cm³/mol. The number of aryl methyl sites for hydroxylation is 1. The number of halogens is 1. The minimum atomic E-state index is -0.346. The number of carbonyl (C=O) groups excluding carboxylic acids is 2. The van der Waals surface area contributed by atoms with E-state index in [1.807, 2.05) is 19.2 Å². The molecule has 0 bridgehead atoms. The molecule has 1 N–H and O–H groups in total. The van der Waals surface area contributed by atoms with E-state index in [2.05, 4.69) is 53.4 Å². The maximum absolute atomic E-state index is 12.8. The number of likely N-dealkylation sites (N-methyl/N-ethyl adjacent to an activating group) is 1. The number of aromatic nitrogens is 1. The molecular formula is C27H31ClN4O2S. The standard InChI is InChI=1S/C27H30N4O2S.ClH/c1-18-21-6-4-5-7-22(21)34-23(18)17-31(3)24(32)9-8-19-14-20-15-27(10-12-30(2)13-11-27)26(33)29-25(20)28-16-19;/h4-9,14,16H,10-13,15,17H2,1-3H3,(H,28,29,33);1H/b9-8+;. The molecule has 2 aliphatic heterocycles. The molecule has 1 saturated heterocycles. The zero-order valence-electron chi connectivity index (χ0n) is 20.3. The molecule has 1 fully saturated rings. The molecule has 8 heteroatoms. The van der Waals surface area contributed by atoms with Crippen molar-refractivity contribution in [3.8, 4) is 0 Å². The Hall–Kier alpha value is -2.74. The van der Waals surface area contributed by atoms with E-state index in [4.69, 9.17) is 0 Å². The van der Waals surface area contributed by atoms with Crippen LogP contribution in [0.25, 0.3) is 16.2 Å². The van der Waals surface area contributed by atoms with Crippen molar-refractivity contribution >= 4 is 57.5 Å². The molecule has 0 saturated carbocycles. The molecule has 4 heterocycles. The fourth-order valence-corrected chi connectivity index (χ4v) is 6.23. The van der Waals surface area contributed by atoms with Gasteiger partial charge in [-0.3, -0.25) is 9.59 Å². The fraction of sp³-hybridized carbons (Fsp3) is 0.370. The summed E-state index contributed by atoms with van der Waals surface area (Å²) in [6, 6.07) is 10.4. The van der Waals surface area contributed by atoms with Gasteiger partial charge in [-0.2, -0.15) is 0 Å². The van der Waals surface area contributed by atoms with Crippen LogP contribution in [0.15, 0.2) is 42.6 Å². The van der Waals surface area contributed by atoms with Gasteiger partial charge in [0.25, 0.3) is 0 Å². The smallest absolute Gasteiger partial charge is 0.246 e. The molecule has 0 radical (unpaired) electrons. The molecule has 5 rings (SSSR count). The van der Waals surface area contributed by atoms with Gasteiger partial charge in [0, 0.05) is 28.9 Å². The first-order valence-corrected chi connectivity index (χ1v) is 12.6. The first kappa shape index (κ1) is 25.4. The molecule has 0 aliphatic carbocycles. The normalized spacial score (nSPS) is 17.3. The molecule has 35 heavy (non-hydrogen) atoms. The summed E-state index contributed by atoms with van der Waals surface area (Å²) in [7, 11) is 3.93. The summed E-state index contributed by atoms with van der Waals surface area (Å²) in [5, 5.41) is 4.28. The Morgan fingerprint density at radius 1 is 1.29 bits per heavy atom. The number of carbonyl (C=O) groups is 2. The number of nitrogens with zero attached hydrogens (tertiary/aromatic N) is 3. The van der Waals surface area contributed by atoms with E-state index in [0.717, 1.165) is 37.1 Å². The largest absolute Gasteiger partial charge is 0.337 e. The second kappa shape index (κ2) is 10.1. The van der Waals surface area contributed by atoms with E-state index in [-0.39, 0.29) is 29.6 Å². The predicted octanol–water partition coefficient (Wildman–Crippen LogP) is 4.90. The van der Waals surface area contributed by atoms with E-state index < -0.39 is 0 Å². The van der Waals surface area contributed by atoms with Gasteiger partial charge in [0.1, 0.15) is 5.82 Å². The number of amides is 2. The molecule has 1 aromatic carbocycles. The molecule has 6 nitrogen and oxygen atoms in total. The van der Waals surface area contributed by atoms with Gasteiger partial charge in [0.2, 0.25) is 11.8 Å². The minimum Gasteiger partial charge on any atom is -0.337 e. The average Bonchev–Trinajstić information content (AvgIpc) is 3.15. The van der Waals surface area contributed by atoms with Gasteiger partial charge in [0.05, 0.1) is 12.0 Å². The topological polar surface area (TPSA) is 65.5 Å². The number of piperidine rings is 1. The van der Waals surface area contributed by atoms with E-state index in [0.29, 0.717) is 18.8 Å². The first-order chi connectivity index (χ1) is 16.3. The number of rotatable bonds is 4. The highest BCUT2D eigenvalue weighted by Crippen LogP contribution is 2.41. The molecule has 184 valence electrons. The quantitative estimate of drug-likeness (QED) is 0.507. The number of likely N-dealkylation sites (tertiary alicyclic amines) is 1. The molecular weight excluding hydrogens is 480 g/mol. The fourth-order valence-electron chi connectivity index (χ4n) is 4.97. The lowest BCUT2D eigenvalue weighted by Gasteiger charge is -2.42. The molecule has 2 aliphatic rings. The van der Waals surface area contributed by atoms with Crippen LogP contribution in [0.2, 0.25) is 0 Å². The van der Waals surface area contributed by atoms with Gasteiger partial charge in [-0.15, -0.1) is 23.7 Å². The lowest BCUT2D eigenvalue weighted by Crippen LogP contribution is -2.49. The van der Waals surface area contributed by atoms with Crippen LogP contribution in [0.5, 0.6) is 0 Å². The first-order valence-electron chi connectivity index (χ1n) is 11.7. The molecule has 2 aromatic heterocycles. The number of hydrogen-bond acceptors (Lipinski definition) is 5. The second-order valence-electron chi connectivity index (χ2n) is 9.66. The average molecular weight is 511 g/mol. The highest BCUT2D eigenvalue weighted by molar-refractivity contribution is 7.19. The zero-order valence-corrected chi connectivity index (χ0v) is 22.0. The summed E-state index contributed by atoms with van der Waals surface area (Å²) in [6.45, 7) is 4.56. The third-order valence-electron chi connectivity index (χ3n) is 7.29. The number of thiophene rings is 1. The Morgan fingerprint density at radius 3 is 2.77 bits per heavy atom. The van der Waals surface area contributed by atoms with Gasteiger partial charge in [-0.25, -0.2) is 4.98 Å². The third kappa shape index (κ3) is 4.99. The Balaban J connectivity index is 0.00000289. The Bertz CT molecular complexity index is 1290. The third-order valence-corrected chi connectivity index (χ3v) is 8.55. The molecule has 3 aromatic rings. The van der Waals surface area contributed by atoms with Gasteiger partial charge in [0.15, 0.2) is 0 Å². The van der Waals surface area contributed by atoms with Crippen molar-refractivity contribution in [2.75, 3.05) is 32.5 Å². The number of pyridine rings is 1. The molecule has 2 amide bonds. The van der Waals surface area contributed by atoms with Crippen LogP contribution in [0.1, 0.15) is 34.4 Å². The Labute approximate surface area is 216 Å². The van der Waals surface area contributed by atoms with E-state index >= 15 is 0 Å². The number of hydrogen-bond donors (Lipinski definition) is 1. The summed E-state index contributed by atoms with van der Waals surface area (Å²) >= 11 is 1.74. The maximum Gasteiger partial charge on any atom is 0.246 e. The highest BCUT2D eigenvalue weighted by Gasteiger charge is 2.44. The second-order valence-corrected chi connectivity index (χ2v) is 10.8. The van der Waals surface area contributed by atoms with Gasteiger partial charge in [-0.05, 0) is 86.6 Å². The van der Waals surface area contributed by atoms with Gasteiger partial charge in [-0.1, -0.05) is 18.2 Å². The Morgan fingerprint density at radius 2 is 2.03 bits per heavy atom. The van der Waals surface area contributed by atoms with Crippen molar-refractivity contribution in [2.45, 2.75) is 32.7 Å². The van der Waals surface area contributed by atoms with Crippen molar-refractivity contribution in [1.82, 2.24) is 14.8 Å².